The van der Waals surface area contributed by atoms with Crippen molar-refractivity contribution >= 4 is 18.5 Å². The molecule has 0 fully saturated rings. The second-order valence-electron chi connectivity index (χ2n) is 4.21. The lowest BCUT2D eigenvalue weighted by atomic mass is 10.3. The maximum Gasteiger partial charge on any atom is -0.0157 e. The van der Waals surface area contributed by atoms with Crippen LogP contribution >= 0.6 is 7.92 Å². The molecule has 0 radical (unpaired) electrons. The molecule has 0 heterocycles. The summed E-state index contributed by atoms with van der Waals surface area (Å²) < 4.78 is 0. The van der Waals surface area contributed by atoms with Gasteiger partial charge in [-0.25, -0.2) is 0 Å². The van der Waals surface area contributed by atoms with Crippen molar-refractivity contribution in [2.45, 2.75) is 19.8 Å². The summed E-state index contributed by atoms with van der Waals surface area (Å²) in [5, 5.41) is 2.84. The highest BCUT2D eigenvalue weighted by Gasteiger charge is 2.08. The van der Waals surface area contributed by atoms with E-state index in [4.69, 9.17) is 0 Å². The molecule has 0 aromatic heterocycles. The fourth-order valence-corrected chi connectivity index (χ4v) is 3.83. The van der Waals surface area contributed by atoms with Gasteiger partial charge in [0.2, 0.25) is 0 Å². The van der Waals surface area contributed by atoms with E-state index in [9.17, 15) is 0 Å². The zero-order valence-corrected chi connectivity index (χ0v) is 11.7. The zero-order valence-electron chi connectivity index (χ0n) is 10.8. The van der Waals surface area contributed by atoms with Crippen molar-refractivity contribution in [3.05, 3.63) is 72.6 Å². The molecule has 0 aliphatic heterocycles. The highest BCUT2D eigenvalue weighted by atomic mass is 31.1. The molecule has 0 spiro atoms. The first kappa shape index (κ1) is 13.1. The Kier molecular flexibility index (Phi) is 5.17. The third-order valence-electron chi connectivity index (χ3n) is 2.78. The van der Waals surface area contributed by atoms with Crippen LogP contribution in [0.15, 0.2) is 72.6 Å². The van der Waals surface area contributed by atoms with Crippen LogP contribution in [0.2, 0.25) is 0 Å². The van der Waals surface area contributed by atoms with Gasteiger partial charge in [0, 0.05) is 0 Å². The van der Waals surface area contributed by atoms with E-state index in [0.717, 1.165) is 0 Å². The molecule has 0 aliphatic rings. The van der Waals surface area contributed by atoms with Crippen LogP contribution in [0.1, 0.15) is 19.8 Å². The van der Waals surface area contributed by atoms with Crippen LogP contribution in [0, 0.1) is 0 Å². The lowest BCUT2D eigenvalue weighted by Crippen LogP contribution is -2.09. The van der Waals surface area contributed by atoms with Gasteiger partial charge in [-0.2, -0.15) is 0 Å². The fourth-order valence-electron chi connectivity index (χ4n) is 1.85. The summed E-state index contributed by atoms with van der Waals surface area (Å²) in [5.74, 6) is 2.39. The van der Waals surface area contributed by atoms with Crippen LogP contribution in [-0.4, -0.2) is 0 Å². The topological polar surface area (TPSA) is 0 Å². The Morgan fingerprint density at radius 2 is 1.33 bits per heavy atom. The molecule has 0 nitrogen and oxygen atoms in total. The summed E-state index contributed by atoms with van der Waals surface area (Å²) in [5.41, 5.74) is 0. The highest BCUT2D eigenvalue weighted by molar-refractivity contribution is 7.75. The van der Waals surface area contributed by atoms with Crippen molar-refractivity contribution in [1.82, 2.24) is 0 Å². The largest absolute Gasteiger partial charge is 0.0834 e. The van der Waals surface area contributed by atoms with Crippen LogP contribution in [0.3, 0.4) is 0 Å². The van der Waals surface area contributed by atoms with Gasteiger partial charge in [0.1, 0.15) is 0 Å². The predicted molar refractivity (Wildman–Crippen MR) is 83.1 cm³/mol. The molecule has 0 atom stereocenters. The lowest BCUT2D eigenvalue weighted by Gasteiger charge is -2.14. The van der Waals surface area contributed by atoms with Crippen molar-refractivity contribution in [2.24, 2.45) is 0 Å². The lowest BCUT2D eigenvalue weighted by molar-refractivity contribution is 0.960. The summed E-state index contributed by atoms with van der Waals surface area (Å²) in [4.78, 5) is 0. The van der Waals surface area contributed by atoms with Gasteiger partial charge in [0.05, 0.1) is 0 Å². The summed E-state index contributed by atoms with van der Waals surface area (Å²) >= 11 is 0. The van der Waals surface area contributed by atoms with Gasteiger partial charge in [-0.1, -0.05) is 85.9 Å². The first-order chi connectivity index (χ1) is 8.92. The Morgan fingerprint density at radius 3 is 1.78 bits per heavy atom. The Labute approximate surface area is 111 Å². The second kappa shape index (κ2) is 7.13. The molecule has 0 saturated heterocycles. The van der Waals surface area contributed by atoms with Crippen LogP contribution in [-0.2, 0) is 0 Å². The van der Waals surface area contributed by atoms with E-state index in [-0.39, 0.29) is 7.92 Å². The molecule has 18 heavy (non-hydrogen) atoms. The Balaban J connectivity index is 2.29. The van der Waals surface area contributed by atoms with Crippen LogP contribution < -0.4 is 10.6 Å². The molecule has 92 valence electrons. The fraction of sp³-hybridized carbons (Fsp3) is 0.176. The zero-order chi connectivity index (χ0) is 12.6. The minimum absolute atomic E-state index is 0.343. The van der Waals surface area contributed by atoms with Crippen molar-refractivity contribution in [3.8, 4) is 0 Å². The van der Waals surface area contributed by atoms with E-state index >= 15 is 0 Å². The van der Waals surface area contributed by atoms with Gasteiger partial charge in [-0.3, -0.25) is 0 Å². The van der Waals surface area contributed by atoms with Gasteiger partial charge in [-0.05, 0) is 25.0 Å². The van der Waals surface area contributed by atoms with Gasteiger partial charge < -0.3 is 0 Å². The summed E-state index contributed by atoms with van der Waals surface area (Å²) in [6, 6.07) is 21.6. The number of unbranched alkanes of at least 4 members (excludes halogenated alkanes) is 1. The molecule has 2 rings (SSSR count). The van der Waals surface area contributed by atoms with Gasteiger partial charge in [0.25, 0.3) is 0 Å². The van der Waals surface area contributed by atoms with E-state index in [1.165, 1.54) is 23.5 Å². The molecule has 2 aromatic carbocycles. The molecule has 0 saturated carbocycles. The SMILES string of the molecule is CCC/C=C\P(c1ccccc1)c1ccccc1. The van der Waals surface area contributed by atoms with Gasteiger partial charge in [0.15, 0.2) is 0 Å². The monoisotopic (exact) mass is 254 g/mol. The molecule has 0 unspecified atom stereocenters. The van der Waals surface area contributed by atoms with Crippen molar-refractivity contribution in [2.75, 3.05) is 0 Å². The average molecular weight is 254 g/mol. The minimum atomic E-state index is -0.343. The Bertz CT molecular complexity index is 434. The standard InChI is InChI=1S/C17H19P/c1-2-3-10-15-18(16-11-6-4-7-12-16)17-13-8-5-9-14-17/h4-15H,2-3H2,1H3/b15-10-. The first-order valence-electron chi connectivity index (χ1n) is 6.48. The van der Waals surface area contributed by atoms with E-state index in [0.29, 0.717) is 0 Å². The summed E-state index contributed by atoms with van der Waals surface area (Å²) in [6.45, 7) is 2.22. The first-order valence-corrected chi connectivity index (χ1v) is 7.89. The Hall–Kier alpha value is -1.39. The third kappa shape index (κ3) is 3.55. The number of hydrogen-bond donors (Lipinski definition) is 0. The number of allylic oxidation sites excluding steroid dienone is 1. The second-order valence-corrected chi connectivity index (χ2v) is 6.29. The van der Waals surface area contributed by atoms with Crippen molar-refractivity contribution in [1.29, 1.82) is 0 Å². The molecule has 0 amide bonds. The maximum absolute atomic E-state index is 2.39. The summed E-state index contributed by atoms with van der Waals surface area (Å²) in [7, 11) is -0.343. The van der Waals surface area contributed by atoms with Crippen molar-refractivity contribution in [3.63, 3.8) is 0 Å². The maximum atomic E-state index is 2.39. The molecule has 0 aliphatic carbocycles. The van der Waals surface area contributed by atoms with E-state index in [1.54, 1.807) is 0 Å². The Morgan fingerprint density at radius 1 is 0.833 bits per heavy atom. The van der Waals surface area contributed by atoms with Crippen LogP contribution in [0.5, 0.6) is 0 Å². The molecular formula is C17H19P. The molecule has 0 bridgehead atoms. The minimum Gasteiger partial charge on any atom is -0.0834 e. The number of hydrogen-bond acceptors (Lipinski definition) is 0. The summed E-state index contributed by atoms with van der Waals surface area (Å²) in [6.07, 6.45) is 4.70. The van der Waals surface area contributed by atoms with Gasteiger partial charge >= 0.3 is 0 Å². The number of rotatable bonds is 5. The highest BCUT2D eigenvalue weighted by Crippen LogP contribution is 2.35. The van der Waals surface area contributed by atoms with Crippen molar-refractivity contribution < 1.29 is 0 Å². The van der Waals surface area contributed by atoms with Crippen LogP contribution in [0.4, 0.5) is 0 Å². The molecular weight excluding hydrogens is 235 g/mol. The number of benzene rings is 2. The van der Waals surface area contributed by atoms with E-state index in [1.807, 2.05) is 0 Å². The smallest absolute Gasteiger partial charge is 0.0157 e. The molecule has 2 aromatic rings. The van der Waals surface area contributed by atoms with Crippen LogP contribution in [0.25, 0.3) is 0 Å². The average Bonchev–Trinajstić information content (AvgIpc) is 2.46. The predicted octanol–water partition coefficient (Wildman–Crippen LogP) is 4.43. The normalized spacial score (nSPS) is 11.2. The third-order valence-corrected chi connectivity index (χ3v) is 5.00. The van der Waals surface area contributed by atoms with E-state index in [2.05, 4.69) is 79.5 Å². The van der Waals surface area contributed by atoms with E-state index < -0.39 is 0 Å². The quantitative estimate of drug-likeness (QED) is 0.692. The molecule has 0 N–H and O–H groups in total. The molecule has 1 heteroatoms. The van der Waals surface area contributed by atoms with Gasteiger partial charge in [-0.15, -0.1) is 0 Å².